The maximum Gasteiger partial charge on any atom is 0.244 e. The van der Waals surface area contributed by atoms with Gasteiger partial charge >= 0.3 is 0 Å². The van der Waals surface area contributed by atoms with Gasteiger partial charge in [-0.1, -0.05) is 35.0 Å². The van der Waals surface area contributed by atoms with E-state index in [0.717, 1.165) is 51.3 Å². The Bertz CT molecular complexity index is 784. The van der Waals surface area contributed by atoms with Crippen LogP contribution >= 0.6 is 24.8 Å². The number of amides is 1. The van der Waals surface area contributed by atoms with Crippen LogP contribution in [0.3, 0.4) is 0 Å². The molecule has 1 aromatic carbocycles. The van der Waals surface area contributed by atoms with Gasteiger partial charge in [-0.05, 0) is 26.8 Å². The highest BCUT2D eigenvalue weighted by Gasteiger charge is 2.31. The second-order valence-electron chi connectivity index (χ2n) is 7.55. The molecule has 7 nitrogen and oxygen atoms in total. The topological polar surface area (TPSA) is 74.5 Å². The van der Waals surface area contributed by atoms with Gasteiger partial charge in [0.2, 0.25) is 17.6 Å². The number of benzene rings is 1. The van der Waals surface area contributed by atoms with Crippen LogP contribution in [-0.4, -0.2) is 65.1 Å². The van der Waals surface area contributed by atoms with Gasteiger partial charge in [-0.15, -0.1) is 24.8 Å². The van der Waals surface area contributed by atoms with E-state index in [0.29, 0.717) is 17.6 Å². The first-order valence-electron chi connectivity index (χ1n) is 9.76. The molecule has 1 amide bonds. The summed E-state index contributed by atoms with van der Waals surface area (Å²) in [6.45, 7) is 9.10. The number of rotatable bonds is 4. The van der Waals surface area contributed by atoms with Gasteiger partial charge < -0.3 is 14.7 Å². The fourth-order valence-corrected chi connectivity index (χ4v) is 3.83. The maximum absolute atomic E-state index is 12.6. The zero-order valence-electron chi connectivity index (χ0n) is 16.8. The van der Waals surface area contributed by atoms with Crippen LogP contribution in [0, 0.1) is 12.8 Å². The Labute approximate surface area is 184 Å². The zero-order chi connectivity index (χ0) is 18.8. The molecule has 0 radical (unpaired) electrons. The van der Waals surface area contributed by atoms with Crippen LogP contribution in [0.4, 0.5) is 0 Å². The molecule has 0 bridgehead atoms. The molecule has 0 spiro atoms. The average molecular weight is 442 g/mol. The number of piperazine rings is 1. The van der Waals surface area contributed by atoms with Crippen LogP contribution in [0.15, 0.2) is 28.8 Å². The van der Waals surface area contributed by atoms with E-state index in [1.807, 2.05) is 29.2 Å². The van der Waals surface area contributed by atoms with Crippen molar-refractivity contribution in [2.45, 2.75) is 26.3 Å². The molecule has 2 saturated heterocycles. The third-order valence-electron chi connectivity index (χ3n) is 5.69. The monoisotopic (exact) mass is 441 g/mol. The summed E-state index contributed by atoms with van der Waals surface area (Å²) in [5, 5.41) is 7.42. The summed E-state index contributed by atoms with van der Waals surface area (Å²) in [6, 6.07) is 8.16. The van der Waals surface area contributed by atoms with E-state index in [-0.39, 0.29) is 36.8 Å². The van der Waals surface area contributed by atoms with Gasteiger partial charge in [-0.25, -0.2) is 0 Å². The van der Waals surface area contributed by atoms with Crippen molar-refractivity contribution >= 4 is 30.7 Å². The van der Waals surface area contributed by atoms with E-state index in [2.05, 4.69) is 34.2 Å². The summed E-state index contributed by atoms with van der Waals surface area (Å²) < 4.78 is 5.53. The highest BCUT2D eigenvalue weighted by molar-refractivity contribution is 5.85. The molecular weight excluding hydrogens is 413 g/mol. The predicted octanol–water partition coefficient (Wildman–Crippen LogP) is 2.70. The summed E-state index contributed by atoms with van der Waals surface area (Å²) in [6.07, 6.45) is 0.958. The number of aromatic nitrogens is 2. The number of hydrogen-bond acceptors (Lipinski definition) is 6. The number of hydrogen-bond donors (Lipinski definition) is 1. The molecule has 1 N–H and O–H groups in total. The minimum atomic E-state index is 0. The second-order valence-corrected chi connectivity index (χ2v) is 7.55. The lowest BCUT2D eigenvalue weighted by Crippen LogP contribution is -2.51. The number of aryl methyl sites for hydroxylation is 1. The Kier molecular flexibility index (Phi) is 8.46. The fourth-order valence-electron chi connectivity index (χ4n) is 3.83. The van der Waals surface area contributed by atoms with Gasteiger partial charge in [0.05, 0.1) is 12.0 Å². The van der Waals surface area contributed by atoms with Crippen LogP contribution in [0.25, 0.3) is 11.4 Å². The second kappa shape index (κ2) is 10.4. The Balaban J connectivity index is 0.00000150. The van der Waals surface area contributed by atoms with Gasteiger partial charge in [0.25, 0.3) is 0 Å². The Morgan fingerprint density at radius 2 is 1.86 bits per heavy atom. The van der Waals surface area contributed by atoms with Crippen molar-refractivity contribution in [1.29, 1.82) is 0 Å². The van der Waals surface area contributed by atoms with Crippen molar-refractivity contribution in [3.05, 3.63) is 35.7 Å². The highest BCUT2D eigenvalue weighted by atomic mass is 35.5. The number of carbonyl (C=O) groups is 1. The van der Waals surface area contributed by atoms with Crippen molar-refractivity contribution in [1.82, 2.24) is 25.3 Å². The average Bonchev–Trinajstić information content (AvgIpc) is 3.40. The van der Waals surface area contributed by atoms with Gasteiger partial charge in [-0.3, -0.25) is 9.69 Å². The number of nitrogens with zero attached hydrogens (tertiary/aromatic N) is 4. The third kappa shape index (κ3) is 5.28. The molecule has 2 aliphatic heterocycles. The molecule has 0 saturated carbocycles. The van der Waals surface area contributed by atoms with Crippen molar-refractivity contribution in [2.24, 2.45) is 5.92 Å². The predicted molar refractivity (Wildman–Crippen MR) is 117 cm³/mol. The van der Waals surface area contributed by atoms with Crippen LogP contribution in [0.1, 0.15) is 30.8 Å². The minimum absolute atomic E-state index is 0. The summed E-state index contributed by atoms with van der Waals surface area (Å²) in [5.74, 6) is 1.71. The lowest BCUT2D eigenvalue weighted by molar-refractivity contribution is -0.137. The molecular formula is C20H29Cl2N5O2. The van der Waals surface area contributed by atoms with Crippen LogP contribution in [0.5, 0.6) is 0 Å². The van der Waals surface area contributed by atoms with E-state index in [1.54, 1.807) is 0 Å². The molecule has 160 valence electrons. The number of carbonyl (C=O) groups excluding carboxylic acids is 1. The molecule has 2 atom stereocenters. The fraction of sp³-hybridized carbons (Fsp3) is 0.550. The van der Waals surface area contributed by atoms with Crippen molar-refractivity contribution in [2.75, 3.05) is 39.3 Å². The molecule has 4 rings (SSSR count). The smallest absolute Gasteiger partial charge is 0.244 e. The molecule has 29 heavy (non-hydrogen) atoms. The first kappa shape index (κ1) is 23.6. The van der Waals surface area contributed by atoms with Crippen LogP contribution < -0.4 is 5.32 Å². The van der Waals surface area contributed by atoms with E-state index in [1.165, 1.54) is 5.56 Å². The van der Waals surface area contributed by atoms with Gasteiger partial charge in [0, 0.05) is 38.3 Å². The van der Waals surface area contributed by atoms with Crippen molar-refractivity contribution < 1.29 is 9.32 Å². The molecule has 2 aromatic rings. The first-order valence-corrected chi connectivity index (χ1v) is 9.76. The van der Waals surface area contributed by atoms with Gasteiger partial charge in [0.1, 0.15) is 0 Å². The molecule has 2 unspecified atom stereocenters. The van der Waals surface area contributed by atoms with Crippen molar-refractivity contribution in [3.8, 4) is 11.4 Å². The lowest BCUT2D eigenvalue weighted by atomic mass is 10.1. The van der Waals surface area contributed by atoms with E-state index in [4.69, 9.17) is 4.52 Å². The molecule has 1 aromatic heterocycles. The Hall–Kier alpha value is -1.67. The van der Waals surface area contributed by atoms with E-state index in [9.17, 15) is 4.79 Å². The largest absolute Gasteiger partial charge is 0.340 e. The quantitative estimate of drug-likeness (QED) is 0.785. The molecule has 3 heterocycles. The SMILES string of the molecule is Cc1ccc(-c2noc(C(C)N3CCN(C(=O)C4CCNC4)CC3)n2)cc1.Cl.Cl. The molecule has 2 aliphatic rings. The van der Waals surface area contributed by atoms with Gasteiger partial charge in [-0.2, -0.15) is 4.98 Å². The number of halogens is 2. The van der Waals surface area contributed by atoms with E-state index < -0.39 is 0 Å². The third-order valence-corrected chi connectivity index (χ3v) is 5.69. The normalized spacial score (nSPS) is 20.6. The summed E-state index contributed by atoms with van der Waals surface area (Å²) in [4.78, 5) is 21.5. The zero-order valence-corrected chi connectivity index (χ0v) is 18.5. The Morgan fingerprint density at radius 3 is 2.48 bits per heavy atom. The summed E-state index contributed by atoms with van der Waals surface area (Å²) in [5.41, 5.74) is 2.17. The molecule has 0 aliphatic carbocycles. The van der Waals surface area contributed by atoms with E-state index >= 15 is 0 Å². The Morgan fingerprint density at radius 1 is 1.17 bits per heavy atom. The maximum atomic E-state index is 12.6. The van der Waals surface area contributed by atoms with Gasteiger partial charge in [0.15, 0.2) is 0 Å². The molecule has 9 heteroatoms. The minimum Gasteiger partial charge on any atom is -0.340 e. The molecule has 2 fully saturated rings. The highest BCUT2D eigenvalue weighted by Crippen LogP contribution is 2.24. The standard InChI is InChI=1S/C20H27N5O2.2ClH/c1-14-3-5-16(6-4-14)18-22-19(27-23-18)15(2)24-9-11-25(12-10-24)20(26)17-7-8-21-13-17;;/h3-6,15,17,21H,7-13H2,1-2H3;2*1H. The lowest BCUT2D eigenvalue weighted by Gasteiger charge is -2.37. The number of nitrogens with one attached hydrogen (secondary N) is 1. The first-order chi connectivity index (χ1) is 13.1. The van der Waals surface area contributed by atoms with Crippen LogP contribution in [-0.2, 0) is 4.79 Å². The van der Waals surface area contributed by atoms with Crippen LogP contribution in [0.2, 0.25) is 0 Å². The van der Waals surface area contributed by atoms with Crippen molar-refractivity contribution in [3.63, 3.8) is 0 Å². The summed E-state index contributed by atoms with van der Waals surface area (Å²) in [7, 11) is 0. The summed E-state index contributed by atoms with van der Waals surface area (Å²) >= 11 is 0.